The molecule has 0 aromatic heterocycles. The van der Waals surface area contributed by atoms with Crippen molar-refractivity contribution < 1.29 is 23.9 Å². The van der Waals surface area contributed by atoms with Gasteiger partial charge in [-0.05, 0) is 44.2 Å². The second kappa shape index (κ2) is 8.35. The Bertz CT molecular complexity index is 801. The third-order valence-corrected chi connectivity index (χ3v) is 6.25. The summed E-state index contributed by atoms with van der Waals surface area (Å²) in [5.74, 6) is -1.32. The molecule has 7 heteroatoms. The van der Waals surface area contributed by atoms with Crippen molar-refractivity contribution in [3.63, 3.8) is 0 Å². The van der Waals surface area contributed by atoms with E-state index in [9.17, 15) is 19.2 Å². The molecule has 1 saturated carbocycles. The normalized spacial score (nSPS) is 25.9. The molecule has 3 amide bonds. The highest BCUT2D eigenvalue weighted by Gasteiger charge is 2.42. The maximum absolute atomic E-state index is 12.5. The maximum Gasteiger partial charge on any atom is 0.329 e. The first kappa shape index (κ1) is 21.0. The average Bonchev–Trinajstić information content (AvgIpc) is 2.95. The number of nitrogens with one attached hydrogen (secondary N) is 1. The fourth-order valence-electron chi connectivity index (χ4n) is 4.08. The average molecular weight is 400 g/mol. The molecule has 1 aliphatic carbocycles. The minimum Gasteiger partial charge on any atom is -0.451 e. The van der Waals surface area contributed by atoms with Gasteiger partial charge < -0.3 is 10.1 Å². The Hall–Kier alpha value is -2.70. The lowest BCUT2D eigenvalue weighted by Crippen LogP contribution is -2.49. The number of carbonyl (C=O) groups excluding carboxylic acids is 4. The summed E-state index contributed by atoms with van der Waals surface area (Å²) in [5.41, 5.74) is 0.534. The minimum absolute atomic E-state index is 0.0565. The van der Waals surface area contributed by atoms with Crippen LogP contribution in [-0.2, 0) is 14.3 Å². The lowest BCUT2D eigenvalue weighted by atomic mass is 9.78. The highest BCUT2D eigenvalue weighted by Crippen LogP contribution is 2.29. The number of hydrogen-bond donors (Lipinski definition) is 1. The number of carbonyl (C=O) groups is 4. The molecule has 0 unspecified atom stereocenters. The molecule has 0 bridgehead atoms. The number of esters is 1. The van der Waals surface area contributed by atoms with Gasteiger partial charge in [0, 0.05) is 6.04 Å². The van der Waals surface area contributed by atoms with E-state index < -0.39 is 29.9 Å². The van der Waals surface area contributed by atoms with Crippen LogP contribution >= 0.6 is 0 Å². The molecule has 7 nitrogen and oxygen atoms in total. The molecule has 0 radical (unpaired) electrons. The molecule has 156 valence electrons. The lowest BCUT2D eigenvalue weighted by Gasteiger charge is -2.35. The fraction of sp³-hybridized carbons (Fsp3) is 0.545. The fourth-order valence-corrected chi connectivity index (χ4v) is 4.08. The van der Waals surface area contributed by atoms with Gasteiger partial charge in [-0.25, -0.2) is 4.79 Å². The zero-order valence-electron chi connectivity index (χ0n) is 17.3. The highest BCUT2D eigenvalue weighted by atomic mass is 16.5. The summed E-state index contributed by atoms with van der Waals surface area (Å²) < 4.78 is 5.29. The molecule has 3 rings (SSSR count). The summed E-state index contributed by atoms with van der Waals surface area (Å²) in [6, 6.07) is 5.37. The molecule has 1 aromatic rings. The van der Waals surface area contributed by atoms with Crippen molar-refractivity contribution in [2.24, 2.45) is 11.8 Å². The van der Waals surface area contributed by atoms with Gasteiger partial charge in [-0.2, -0.15) is 0 Å². The molecule has 5 atom stereocenters. The number of benzene rings is 1. The van der Waals surface area contributed by atoms with Crippen LogP contribution in [0.2, 0.25) is 0 Å². The van der Waals surface area contributed by atoms with Crippen molar-refractivity contribution in [3.8, 4) is 0 Å². The van der Waals surface area contributed by atoms with E-state index in [1.807, 2.05) is 0 Å². The number of nitrogens with zero attached hydrogens (tertiary/aromatic N) is 1. The number of hydrogen-bond acceptors (Lipinski definition) is 5. The van der Waals surface area contributed by atoms with Gasteiger partial charge in [0.05, 0.1) is 11.1 Å². The Morgan fingerprint density at radius 2 is 1.66 bits per heavy atom. The van der Waals surface area contributed by atoms with Crippen molar-refractivity contribution in [1.82, 2.24) is 10.2 Å². The molecular weight excluding hydrogens is 372 g/mol. The summed E-state index contributed by atoms with van der Waals surface area (Å²) in [6.07, 6.45) is 2.10. The standard InChI is InChI=1S/C22H28N2O5/c1-12-8-7-11-18(13(12)2)23-19(25)15(4)29-22(28)14(3)24-20(26)16-9-5-6-10-17(16)21(24)27/h5-6,9-10,12-15,18H,7-8,11H2,1-4H3,(H,23,25)/t12-,13+,14+,15+,18+/m0/s1. The Morgan fingerprint density at radius 1 is 1.07 bits per heavy atom. The first-order valence-corrected chi connectivity index (χ1v) is 10.2. The van der Waals surface area contributed by atoms with Crippen LogP contribution in [0.25, 0.3) is 0 Å². The lowest BCUT2D eigenvalue weighted by molar-refractivity contribution is -0.158. The molecule has 0 saturated heterocycles. The van der Waals surface area contributed by atoms with Crippen LogP contribution in [-0.4, -0.2) is 46.8 Å². The third-order valence-electron chi connectivity index (χ3n) is 6.25. The minimum atomic E-state index is -1.12. The molecule has 0 spiro atoms. The monoisotopic (exact) mass is 400 g/mol. The van der Waals surface area contributed by atoms with Gasteiger partial charge in [0.25, 0.3) is 17.7 Å². The largest absolute Gasteiger partial charge is 0.451 e. The van der Waals surface area contributed by atoms with Gasteiger partial charge in [-0.15, -0.1) is 0 Å². The summed E-state index contributed by atoms with van der Waals surface area (Å²) >= 11 is 0. The van der Waals surface area contributed by atoms with Crippen molar-refractivity contribution in [2.45, 2.75) is 65.1 Å². The summed E-state index contributed by atoms with van der Waals surface area (Å²) in [7, 11) is 0. The van der Waals surface area contributed by atoms with E-state index in [1.54, 1.807) is 24.3 Å². The summed E-state index contributed by atoms with van der Waals surface area (Å²) in [6.45, 7) is 7.23. The third kappa shape index (κ3) is 4.04. The predicted octanol–water partition coefficient (Wildman–Crippen LogP) is 2.54. The van der Waals surface area contributed by atoms with Gasteiger partial charge in [-0.3, -0.25) is 19.3 Å². The molecule has 1 heterocycles. The van der Waals surface area contributed by atoms with Crippen LogP contribution in [0, 0.1) is 11.8 Å². The van der Waals surface area contributed by atoms with E-state index in [0.717, 1.165) is 24.2 Å². The predicted molar refractivity (Wildman–Crippen MR) is 106 cm³/mol. The van der Waals surface area contributed by atoms with Crippen LogP contribution in [0.4, 0.5) is 0 Å². The zero-order valence-corrected chi connectivity index (χ0v) is 17.3. The van der Waals surface area contributed by atoms with Gasteiger partial charge in [-0.1, -0.05) is 38.8 Å². The number of fused-ring (bicyclic) bond motifs is 1. The van der Waals surface area contributed by atoms with E-state index in [0.29, 0.717) is 11.8 Å². The Morgan fingerprint density at radius 3 is 2.24 bits per heavy atom. The quantitative estimate of drug-likeness (QED) is 0.606. The van der Waals surface area contributed by atoms with Crippen LogP contribution in [0.3, 0.4) is 0 Å². The molecule has 1 aromatic carbocycles. The van der Waals surface area contributed by atoms with E-state index in [-0.39, 0.29) is 23.1 Å². The Balaban J connectivity index is 1.60. The number of ether oxygens (including phenoxy) is 1. The summed E-state index contributed by atoms with van der Waals surface area (Å²) in [5, 5.41) is 2.98. The second-order valence-corrected chi connectivity index (χ2v) is 8.16. The molecule has 1 aliphatic heterocycles. The van der Waals surface area contributed by atoms with Gasteiger partial charge in [0.2, 0.25) is 0 Å². The SMILES string of the molecule is C[C@@H]1[C@@H](C)CCC[C@H]1NC(=O)[C@@H](C)OC(=O)[C@@H](C)N1C(=O)c2ccccc2C1=O. The number of amides is 3. The molecule has 1 fully saturated rings. The van der Waals surface area contributed by atoms with Gasteiger partial charge >= 0.3 is 5.97 Å². The van der Waals surface area contributed by atoms with Gasteiger partial charge in [0.15, 0.2) is 6.10 Å². The van der Waals surface area contributed by atoms with Crippen molar-refractivity contribution in [1.29, 1.82) is 0 Å². The second-order valence-electron chi connectivity index (χ2n) is 8.16. The smallest absolute Gasteiger partial charge is 0.329 e. The Labute approximate surface area is 170 Å². The summed E-state index contributed by atoms with van der Waals surface area (Å²) in [4.78, 5) is 51.0. The van der Waals surface area contributed by atoms with Crippen LogP contribution < -0.4 is 5.32 Å². The maximum atomic E-state index is 12.5. The van der Waals surface area contributed by atoms with Crippen LogP contribution in [0.5, 0.6) is 0 Å². The Kier molecular flexibility index (Phi) is 6.05. The van der Waals surface area contributed by atoms with Crippen molar-refractivity contribution in [2.75, 3.05) is 0 Å². The molecular formula is C22H28N2O5. The van der Waals surface area contributed by atoms with Crippen LogP contribution in [0.15, 0.2) is 24.3 Å². The number of imide groups is 1. The van der Waals surface area contributed by atoms with E-state index in [4.69, 9.17) is 4.74 Å². The van der Waals surface area contributed by atoms with Gasteiger partial charge in [0.1, 0.15) is 6.04 Å². The van der Waals surface area contributed by atoms with E-state index >= 15 is 0 Å². The molecule has 1 N–H and O–H groups in total. The van der Waals surface area contributed by atoms with Crippen molar-refractivity contribution >= 4 is 23.7 Å². The van der Waals surface area contributed by atoms with Crippen molar-refractivity contribution in [3.05, 3.63) is 35.4 Å². The topological polar surface area (TPSA) is 92.8 Å². The first-order valence-electron chi connectivity index (χ1n) is 10.2. The molecule has 2 aliphatic rings. The van der Waals surface area contributed by atoms with Crippen LogP contribution in [0.1, 0.15) is 67.7 Å². The zero-order chi connectivity index (χ0) is 21.3. The first-order chi connectivity index (χ1) is 13.7. The van der Waals surface area contributed by atoms with E-state index in [1.165, 1.54) is 13.8 Å². The highest BCUT2D eigenvalue weighted by molar-refractivity contribution is 6.22. The molecule has 29 heavy (non-hydrogen) atoms. The number of rotatable bonds is 5. The van der Waals surface area contributed by atoms with E-state index in [2.05, 4.69) is 19.2 Å².